The zero-order valence-electron chi connectivity index (χ0n) is 19.2. The molecule has 2 heterocycles. The molecule has 0 spiro atoms. The summed E-state index contributed by atoms with van der Waals surface area (Å²) in [5.41, 5.74) is 5.60. The van der Waals surface area contributed by atoms with Gasteiger partial charge in [0.15, 0.2) is 11.3 Å². The summed E-state index contributed by atoms with van der Waals surface area (Å²) in [6.45, 7) is 0. The lowest BCUT2D eigenvalue weighted by atomic mass is 10.0. The van der Waals surface area contributed by atoms with Crippen LogP contribution in [0, 0.1) is 0 Å². The second-order valence-corrected chi connectivity index (χ2v) is 9.23. The first kappa shape index (κ1) is 23.1. The van der Waals surface area contributed by atoms with Crippen LogP contribution in [0.3, 0.4) is 0 Å². The maximum absolute atomic E-state index is 12.8. The third-order valence-electron chi connectivity index (χ3n) is 5.91. The van der Waals surface area contributed by atoms with Crippen molar-refractivity contribution >= 4 is 45.9 Å². The predicted molar refractivity (Wildman–Crippen MR) is 147 cm³/mol. The summed E-state index contributed by atoms with van der Waals surface area (Å²) in [4.78, 5) is 17.4. The highest BCUT2D eigenvalue weighted by Gasteiger charge is 2.16. The van der Waals surface area contributed by atoms with E-state index in [1.54, 1.807) is 48.5 Å². The number of carbonyl (C=O) groups is 1. The Bertz CT molecular complexity index is 1740. The number of anilines is 1. The van der Waals surface area contributed by atoms with Crippen molar-refractivity contribution in [3.8, 4) is 33.9 Å². The molecule has 1 N–H and O–H groups in total. The molecule has 1 amide bonds. The van der Waals surface area contributed by atoms with Crippen LogP contribution in [-0.4, -0.2) is 10.9 Å². The highest BCUT2D eigenvalue weighted by atomic mass is 35.5. The summed E-state index contributed by atoms with van der Waals surface area (Å²) in [6, 6.07) is 31.9. The second-order valence-electron chi connectivity index (χ2n) is 8.39. The third kappa shape index (κ3) is 4.75. The number of hydrogen-bond acceptors (Lipinski definition) is 4. The van der Waals surface area contributed by atoms with Crippen LogP contribution in [-0.2, 0) is 0 Å². The van der Waals surface area contributed by atoms with E-state index in [0.717, 1.165) is 16.7 Å². The average molecular weight is 525 g/mol. The number of fused-ring (bicyclic) bond motifs is 1. The molecule has 0 fully saturated rings. The van der Waals surface area contributed by atoms with E-state index in [1.807, 2.05) is 42.5 Å². The van der Waals surface area contributed by atoms with E-state index in [0.29, 0.717) is 44.0 Å². The first-order valence-electron chi connectivity index (χ1n) is 11.5. The summed E-state index contributed by atoms with van der Waals surface area (Å²) >= 11 is 12.2. The van der Waals surface area contributed by atoms with Gasteiger partial charge in [0.25, 0.3) is 5.91 Å². The smallest absolute Gasteiger partial charge is 0.291 e. The van der Waals surface area contributed by atoms with Crippen molar-refractivity contribution < 1.29 is 13.6 Å². The Balaban J connectivity index is 1.20. The number of amides is 1. The molecule has 0 aliphatic heterocycles. The summed E-state index contributed by atoms with van der Waals surface area (Å²) in [7, 11) is 0. The molecule has 37 heavy (non-hydrogen) atoms. The molecule has 0 aliphatic carbocycles. The SMILES string of the molecule is O=C(Nc1ccc2oc(-c3ccc(-c4ccccc4)cc3)nc2c1)c1ccc(-c2ccc(Cl)cc2Cl)o1. The number of carbonyl (C=O) groups excluding carboxylic acids is 1. The standard InChI is InChI=1S/C30H18Cl2N2O3/c31-21-10-12-23(24(32)16-21)26-14-15-28(36-26)29(35)33-22-11-13-27-25(17-22)34-30(37-27)20-8-6-19(7-9-20)18-4-2-1-3-5-18/h1-17H,(H,33,35). The quantitative estimate of drug-likeness (QED) is 0.244. The van der Waals surface area contributed by atoms with E-state index in [4.69, 9.17) is 32.0 Å². The normalized spacial score (nSPS) is 11.1. The first-order chi connectivity index (χ1) is 18.0. The van der Waals surface area contributed by atoms with Crippen molar-refractivity contribution in [2.24, 2.45) is 0 Å². The summed E-state index contributed by atoms with van der Waals surface area (Å²) < 4.78 is 11.7. The molecular formula is C30H18Cl2N2O3. The number of halogens is 2. The number of aromatic nitrogens is 1. The molecule has 0 unspecified atom stereocenters. The zero-order chi connectivity index (χ0) is 25.4. The topological polar surface area (TPSA) is 68.3 Å². The van der Waals surface area contributed by atoms with Gasteiger partial charge in [-0.2, -0.15) is 0 Å². The molecule has 6 rings (SSSR count). The van der Waals surface area contributed by atoms with E-state index < -0.39 is 5.91 Å². The van der Waals surface area contributed by atoms with Crippen LogP contribution in [0.2, 0.25) is 10.0 Å². The Labute approximate surface area is 222 Å². The van der Waals surface area contributed by atoms with E-state index in [1.165, 1.54) is 0 Å². The number of nitrogens with zero attached hydrogens (tertiary/aromatic N) is 1. The van der Waals surface area contributed by atoms with E-state index >= 15 is 0 Å². The van der Waals surface area contributed by atoms with Crippen LogP contribution in [0.5, 0.6) is 0 Å². The van der Waals surface area contributed by atoms with Gasteiger partial charge in [-0.1, -0.05) is 65.7 Å². The predicted octanol–water partition coefficient (Wildman–Crippen LogP) is 8.98. The van der Waals surface area contributed by atoms with Crippen LogP contribution >= 0.6 is 23.2 Å². The molecular weight excluding hydrogens is 507 g/mol. The summed E-state index contributed by atoms with van der Waals surface area (Å²) in [5.74, 6) is 0.742. The molecule has 7 heteroatoms. The highest BCUT2D eigenvalue weighted by molar-refractivity contribution is 6.36. The van der Waals surface area contributed by atoms with Gasteiger partial charge < -0.3 is 14.2 Å². The lowest BCUT2D eigenvalue weighted by Crippen LogP contribution is -2.10. The maximum Gasteiger partial charge on any atom is 0.291 e. The molecule has 0 bridgehead atoms. The minimum atomic E-state index is -0.393. The van der Waals surface area contributed by atoms with Crippen LogP contribution in [0.1, 0.15) is 10.6 Å². The molecule has 6 aromatic rings. The Kier molecular flexibility index (Phi) is 6.01. The molecule has 0 radical (unpaired) electrons. The molecule has 2 aromatic heterocycles. The van der Waals surface area contributed by atoms with Crippen LogP contribution in [0.15, 0.2) is 112 Å². The van der Waals surface area contributed by atoms with E-state index in [-0.39, 0.29) is 5.76 Å². The summed E-state index contributed by atoms with van der Waals surface area (Å²) in [6.07, 6.45) is 0. The molecule has 0 atom stereocenters. The third-order valence-corrected chi connectivity index (χ3v) is 6.46. The van der Waals surface area contributed by atoms with Gasteiger partial charge in [0.05, 0.1) is 5.02 Å². The molecule has 180 valence electrons. The Morgan fingerprint density at radius 2 is 1.49 bits per heavy atom. The second kappa shape index (κ2) is 9.62. The Hall–Kier alpha value is -4.32. The number of benzene rings is 4. The number of rotatable bonds is 5. The van der Waals surface area contributed by atoms with Gasteiger partial charge in [0.2, 0.25) is 5.89 Å². The van der Waals surface area contributed by atoms with Gasteiger partial charge in [-0.15, -0.1) is 0 Å². The van der Waals surface area contributed by atoms with Gasteiger partial charge in [-0.25, -0.2) is 4.98 Å². The van der Waals surface area contributed by atoms with E-state index in [2.05, 4.69) is 22.4 Å². The van der Waals surface area contributed by atoms with Gasteiger partial charge in [0.1, 0.15) is 11.3 Å². The van der Waals surface area contributed by atoms with Crippen LogP contribution in [0.25, 0.3) is 45.0 Å². The van der Waals surface area contributed by atoms with Crippen LogP contribution < -0.4 is 5.32 Å². The summed E-state index contributed by atoms with van der Waals surface area (Å²) in [5, 5.41) is 3.81. The van der Waals surface area contributed by atoms with E-state index in [9.17, 15) is 4.79 Å². The highest BCUT2D eigenvalue weighted by Crippen LogP contribution is 2.32. The lowest BCUT2D eigenvalue weighted by molar-refractivity contribution is 0.0997. The van der Waals surface area contributed by atoms with Gasteiger partial charge >= 0.3 is 0 Å². The minimum Gasteiger partial charge on any atom is -0.451 e. The first-order valence-corrected chi connectivity index (χ1v) is 12.2. The lowest BCUT2D eigenvalue weighted by Gasteiger charge is -2.03. The van der Waals surface area contributed by atoms with Crippen molar-refractivity contribution in [3.05, 3.63) is 119 Å². The molecule has 5 nitrogen and oxygen atoms in total. The largest absolute Gasteiger partial charge is 0.451 e. The Morgan fingerprint density at radius 3 is 2.27 bits per heavy atom. The van der Waals surface area contributed by atoms with Crippen molar-refractivity contribution in [2.75, 3.05) is 5.32 Å². The fourth-order valence-electron chi connectivity index (χ4n) is 4.05. The molecule has 4 aromatic carbocycles. The number of hydrogen-bond donors (Lipinski definition) is 1. The van der Waals surface area contributed by atoms with Crippen molar-refractivity contribution in [1.29, 1.82) is 0 Å². The monoisotopic (exact) mass is 524 g/mol. The molecule has 0 saturated heterocycles. The number of oxazole rings is 1. The molecule has 0 saturated carbocycles. The average Bonchev–Trinajstić information content (AvgIpc) is 3.57. The van der Waals surface area contributed by atoms with Gasteiger partial charge in [-0.3, -0.25) is 4.79 Å². The molecule has 0 aliphatic rings. The van der Waals surface area contributed by atoms with Crippen molar-refractivity contribution in [2.45, 2.75) is 0 Å². The van der Waals surface area contributed by atoms with Crippen molar-refractivity contribution in [3.63, 3.8) is 0 Å². The van der Waals surface area contributed by atoms with Gasteiger partial charge in [-0.05, 0) is 71.8 Å². The van der Waals surface area contributed by atoms with Gasteiger partial charge in [0, 0.05) is 21.8 Å². The van der Waals surface area contributed by atoms with Crippen molar-refractivity contribution in [1.82, 2.24) is 4.98 Å². The minimum absolute atomic E-state index is 0.153. The number of nitrogens with one attached hydrogen (secondary N) is 1. The van der Waals surface area contributed by atoms with Crippen LogP contribution in [0.4, 0.5) is 5.69 Å². The fraction of sp³-hybridized carbons (Fsp3) is 0. The maximum atomic E-state index is 12.8. The zero-order valence-corrected chi connectivity index (χ0v) is 20.8. The fourth-order valence-corrected chi connectivity index (χ4v) is 4.55. The Morgan fingerprint density at radius 1 is 0.730 bits per heavy atom. The number of furan rings is 1.